The number of benzene rings is 1. The maximum atomic E-state index is 5.71. The van der Waals surface area contributed by atoms with Crippen LogP contribution in [0.15, 0.2) is 53.5 Å². The van der Waals surface area contributed by atoms with Crippen LogP contribution in [-0.2, 0) is 0 Å². The number of aromatic nitrogens is 1. The van der Waals surface area contributed by atoms with E-state index in [1.165, 1.54) is 5.56 Å². The average Bonchev–Trinajstić information content (AvgIpc) is 2.71. The molecule has 1 heterocycles. The van der Waals surface area contributed by atoms with Gasteiger partial charge in [0.2, 0.25) is 5.89 Å². The molecule has 0 unspecified atom stereocenters. The molecule has 0 N–H and O–H groups in total. The van der Waals surface area contributed by atoms with Gasteiger partial charge in [0.15, 0.2) is 5.58 Å². The second kappa shape index (κ2) is 4.83. The van der Waals surface area contributed by atoms with Crippen molar-refractivity contribution in [2.75, 3.05) is 0 Å². The van der Waals surface area contributed by atoms with E-state index < -0.39 is 0 Å². The van der Waals surface area contributed by atoms with Gasteiger partial charge in [-0.25, -0.2) is 4.98 Å². The molecule has 0 saturated carbocycles. The van der Waals surface area contributed by atoms with E-state index in [-0.39, 0.29) is 0 Å². The number of hydrogen-bond acceptors (Lipinski definition) is 2. The second-order valence-corrected chi connectivity index (χ2v) is 3.85. The molecule has 0 atom stereocenters. The van der Waals surface area contributed by atoms with E-state index in [0.29, 0.717) is 5.89 Å². The highest BCUT2D eigenvalue weighted by atomic mass is 16.3. The van der Waals surface area contributed by atoms with Gasteiger partial charge < -0.3 is 4.42 Å². The highest BCUT2D eigenvalue weighted by Crippen LogP contribution is 2.22. The van der Waals surface area contributed by atoms with Crippen molar-refractivity contribution < 1.29 is 4.42 Å². The van der Waals surface area contributed by atoms with E-state index >= 15 is 0 Å². The average molecular weight is 225 g/mol. The van der Waals surface area contributed by atoms with Gasteiger partial charge in [0.05, 0.1) is 0 Å². The first-order valence-electron chi connectivity index (χ1n) is 5.57. The van der Waals surface area contributed by atoms with Crippen molar-refractivity contribution in [2.24, 2.45) is 0 Å². The van der Waals surface area contributed by atoms with Gasteiger partial charge in [-0.1, -0.05) is 36.9 Å². The summed E-state index contributed by atoms with van der Waals surface area (Å²) in [5.41, 5.74) is 3.80. The molecule has 0 aliphatic heterocycles. The van der Waals surface area contributed by atoms with Crippen LogP contribution in [0.4, 0.5) is 0 Å². The molecule has 2 rings (SSSR count). The summed E-state index contributed by atoms with van der Waals surface area (Å²) in [7, 11) is 0. The normalized spacial score (nSPS) is 12.5. The van der Waals surface area contributed by atoms with Crippen LogP contribution in [0.1, 0.15) is 18.4 Å². The molecule has 0 fully saturated rings. The number of hydrogen-bond donors (Lipinski definition) is 0. The van der Waals surface area contributed by atoms with Crippen molar-refractivity contribution in [1.82, 2.24) is 4.98 Å². The Balaban J connectivity index is 2.55. The van der Waals surface area contributed by atoms with E-state index in [0.717, 1.165) is 16.7 Å². The first-order chi connectivity index (χ1) is 8.24. The molecule has 17 heavy (non-hydrogen) atoms. The molecule has 1 aromatic carbocycles. The standard InChI is InChI=1S/C15H15NO/c1-4-6-12(7-5-2)15-16-13-10-11(3)8-9-14(13)17-15/h4-10H,1H2,2-3H3/b7-5-,12-6+. The maximum Gasteiger partial charge on any atom is 0.227 e. The summed E-state index contributed by atoms with van der Waals surface area (Å²) < 4.78 is 5.71. The lowest BCUT2D eigenvalue weighted by molar-refractivity contribution is 0.585. The van der Waals surface area contributed by atoms with Gasteiger partial charge in [-0.2, -0.15) is 0 Å². The highest BCUT2D eigenvalue weighted by Gasteiger charge is 2.07. The maximum absolute atomic E-state index is 5.71. The zero-order valence-electron chi connectivity index (χ0n) is 10.1. The third-order valence-corrected chi connectivity index (χ3v) is 2.43. The Labute approximate surface area is 101 Å². The van der Waals surface area contributed by atoms with Crippen LogP contribution in [0, 0.1) is 6.92 Å². The molecule has 0 bridgehead atoms. The van der Waals surface area contributed by atoms with Crippen molar-refractivity contribution in [2.45, 2.75) is 13.8 Å². The first kappa shape index (κ1) is 11.4. The van der Waals surface area contributed by atoms with E-state index in [1.807, 2.05) is 50.3 Å². The van der Waals surface area contributed by atoms with Crippen LogP contribution in [0.3, 0.4) is 0 Å². The predicted octanol–water partition coefficient (Wildman–Crippen LogP) is 4.28. The quantitative estimate of drug-likeness (QED) is 0.728. The van der Waals surface area contributed by atoms with E-state index in [1.54, 1.807) is 6.08 Å². The van der Waals surface area contributed by atoms with Crippen molar-refractivity contribution in [1.29, 1.82) is 0 Å². The van der Waals surface area contributed by atoms with E-state index in [4.69, 9.17) is 4.42 Å². The number of rotatable bonds is 3. The lowest BCUT2D eigenvalue weighted by Crippen LogP contribution is -1.79. The Bertz CT molecular complexity index is 602. The summed E-state index contributed by atoms with van der Waals surface area (Å²) >= 11 is 0. The Kier molecular flexibility index (Phi) is 3.24. The fourth-order valence-electron chi connectivity index (χ4n) is 1.67. The lowest BCUT2D eigenvalue weighted by Gasteiger charge is -1.92. The molecule has 0 saturated heterocycles. The Hall–Kier alpha value is -2.09. The molecular weight excluding hydrogens is 210 g/mol. The fraction of sp³-hybridized carbons (Fsp3) is 0.133. The Morgan fingerprint density at radius 2 is 2.24 bits per heavy atom. The van der Waals surface area contributed by atoms with Crippen LogP contribution in [-0.4, -0.2) is 4.98 Å². The number of oxazole rings is 1. The zero-order valence-corrected chi connectivity index (χ0v) is 10.1. The van der Waals surface area contributed by atoms with Crippen molar-refractivity contribution >= 4 is 16.7 Å². The minimum atomic E-state index is 0.628. The number of aryl methyl sites for hydroxylation is 1. The monoisotopic (exact) mass is 225 g/mol. The summed E-state index contributed by atoms with van der Waals surface area (Å²) in [4.78, 5) is 4.48. The van der Waals surface area contributed by atoms with Gasteiger partial charge in [-0.15, -0.1) is 0 Å². The summed E-state index contributed by atoms with van der Waals surface area (Å²) in [6.45, 7) is 7.70. The Morgan fingerprint density at radius 1 is 1.41 bits per heavy atom. The summed E-state index contributed by atoms with van der Waals surface area (Å²) in [6, 6.07) is 5.98. The zero-order chi connectivity index (χ0) is 12.3. The molecule has 0 amide bonds. The van der Waals surface area contributed by atoms with Gasteiger partial charge in [0.25, 0.3) is 0 Å². The van der Waals surface area contributed by atoms with Crippen LogP contribution in [0.5, 0.6) is 0 Å². The van der Waals surface area contributed by atoms with Crippen LogP contribution in [0.2, 0.25) is 0 Å². The molecule has 0 spiro atoms. The second-order valence-electron chi connectivity index (χ2n) is 3.85. The molecule has 86 valence electrons. The van der Waals surface area contributed by atoms with Crippen LogP contribution < -0.4 is 0 Å². The van der Waals surface area contributed by atoms with Crippen LogP contribution in [0.25, 0.3) is 16.7 Å². The molecule has 0 aliphatic carbocycles. The van der Waals surface area contributed by atoms with E-state index in [2.05, 4.69) is 11.6 Å². The summed E-state index contributed by atoms with van der Waals surface area (Å²) in [5, 5.41) is 0. The molecule has 2 heteroatoms. The molecule has 2 aromatic rings. The first-order valence-corrected chi connectivity index (χ1v) is 5.57. The van der Waals surface area contributed by atoms with Gasteiger partial charge in [-0.3, -0.25) is 0 Å². The molecule has 1 aromatic heterocycles. The smallest absolute Gasteiger partial charge is 0.227 e. The topological polar surface area (TPSA) is 26.0 Å². The number of allylic oxidation sites excluding steroid dienone is 5. The van der Waals surface area contributed by atoms with Gasteiger partial charge in [0, 0.05) is 5.57 Å². The summed E-state index contributed by atoms with van der Waals surface area (Å²) in [5.74, 6) is 0.628. The van der Waals surface area contributed by atoms with Gasteiger partial charge in [-0.05, 0) is 31.5 Å². The molecule has 0 aliphatic rings. The predicted molar refractivity (Wildman–Crippen MR) is 71.7 cm³/mol. The lowest BCUT2D eigenvalue weighted by atomic mass is 10.2. The van der Waals surface area contributed by atoms with Crippen molar-refractivity contribution in [3.8, 4) is 0 Å². The number of nitrogens with zero attached hydrogens (tertiary/aromatic N) is 1. The number of fused-ring (bicyclic) bond motifs is 1. The third-order valence-electron chi connectivity index (χ3n) is 2.43. The minimum absolute atomic E-state index is 0.628. The summed E-state index contributed by atoms with van der Waals surface area (Å²) in [6.07, 6.45) is 7.53. The molecular formula is C15H15NO. The van der Waals surface area contributed by atoms with Gasteiger partial charge >= 0.3 is 0 Å². The molecule has 2 nitrogen and oxygen atoms in total. The third kappa shape index (κ3) is 2.36. The molecule has 0 radical (unpaired) electrons. The van der Waals surface area contributed by atoms with Crippen LogP contribution >= 0.6 is 0 Å². The minimum Gasteiger partial charge on any atom is -0.436 e. The van der Waals surface area contributed by atoms with Crippen molar-refractivity contribution in [3.63, 3.8) is 0 Å². The van der Waals surface area contributed by atoms with E-state index in [9.17, 15) is 0 Å². The highest BCUT2D eigenvalue weighted by molar-refractivity contribution is 5.79. The SMILES string of the molecule is C=C/C=C(\C=C/C)c1nc2cc(C)ccc2o1. The fourth-order valence-corrected chi connectivity index (χ4v) is 1.67. The van der Waals surface area contributed by atoms with Crippen molar-refractivity contribution in [3.05, 3.63) is 60.5 Å². The largest absolute Gasteiger partial charge is 0.436 e. The Morgan fingerprint density at radius 3 is 2.94 bits per heavy atom. The van der Waals surface area contributed by atoms with Gasteiger partial charge in [0.1, 0.15) is 5.52 Å².